The van der Waals surface area contributed by atoms with Crippen LogP contribution in [-0.2, 0) is 18.7 Å². The molecular weight excluding hydrogens is 310 g/mol. The van der Waals surface area contributed by atoms with E-state index in [4.69, 9.17) is 0 Å². The highest BCUT2D eigenvalue weighted by Gasteiger charge is 2.29. The van der Waals surface area contributed by atoms with E-state index < -0.39 is 0 Å². The molecule has 0 N–H and O–H groups in total. The minimum atomic E-state index is 0.0243. The number of thioether (sulfide) groups is 1. The van der Waals surface area contributed by atoms with Crippen LogP contribution in [0.3, 0.4) is 0 Å². The first-order valence-corrected chi connectivity index (χ1v) is 9.06. The van der Waals surface area contributed by atoms with Crippen LogP contribution in [0.4, 0.5) is 5.95 Å². The van der Waals surface area contributed by atoms with E-state index in [9.17, 15) is 4.79 Å². The van der Waals surface area contributed by atoms with Crippen LogP contribution in [0.15, 0.2) is 23.3 Å². The number of rotatable bonds is 3. The minimum absolute atomic E-state index is 0.0243. The standard InChI is InChI=1S/C16H19N5OS/c1-11-5-17-16(18-6-11)20-7-12(8-20)9-21-15(22)4-13-10-23-3-2-14(13)19-21/h4-6,12H,2-3,7-10H2,1H3. The molecule has 0 bridgehead atoms. The Morgan fingerprint density at radius 1 is 1.30 bits per heavy atom. The molecule has 0 atom stereocenters. The summed E-state index contributed by atoms with van der Waals surface area (Å²) in [4.78, 5) is 23.0. The van der Waals surface area contributed by atoms with E-state index >= 15 is 0 Å². The van der Waals surface area contributed by atoms with Crippen LogP contribution in [0.25, 0.3) is 0 Å². The van der Waals surface area contributed by atoms with E-state index in [1.54, 1.807) is 10.7 Å². The van der Waals surface area contributed by atoms with Crippen molar-refractivity contribution in [2.24, 2.45) is 5.92 Å². The molecule has 1 fully saturated rings. The highest BCUT2D eigenvalue weighted by atomic mass is 32.2. The molecule has 2 aromatic rings. The number of nitrogens with zero attached hydrogens (tertiary/aromatic N) is 5. The van der Waals surface area contributed by atoms with Crippen molar-refractivity contribution >= 4 is 17.7 Å². The third-order valence-corrected chi connectivity index (χ3v) is 5.35. The number of hydrogen-bond donors (Lipinski definition) is 0. The maximum absolute atomic E-state index is 12.2. The Kier molecular flexibility index (Phi) is 3.80. The molecule has 4 rings (SSSR count). The fourth-order valence-corrected chi connectivity index (χ4v) is 3.98. The zero-order valence-corrected chi connectivity index (χ0v) is 13.9. The Bertz CT molecular complexity index is 767. The summed E-state index contributed by atoms with van der Waals surface area (Å²) in [7, 11) is 0. The van der Waals surface area contributed by atoms with Crippen molar-refractivity contribution in [2.45, 2.75) is 25.6 Å². The van der Waals surface area contributed by atoms with Gasteiger partial charge in [-0.05, 0) is 23.8 Å². The van der Waals surface area contributed by atoms with Crippen molar-refractivity contribution in [1.29, 1.82) is 0 Å². The number of anilines is 1. The van der Waals surface area contributed by atoms with Gasteiger partial charge >= 0.3 is 0 Å². The second kappa shape index (κ2) is 5.96. The van der Waals surface area contributed by atoms with Gasteiger partial charge in [-0.1, -0.05) is 0 Å². The van der Waals surface area contributed by atoms with Crippen LogP contribution >= 0.6 is 11.8 Å². The van der Waals surface area contributed by atoms with Gasteiger partial charge in [0.05, 0.1) is 12.2 Å². The van der Waals surface area contributed by atoms with Crippen LogP contribution in [-0.4, -0.2) is 38.6 Å². The number of fused-ring (bicyclic) bond motifs is 1. The van der Waals surface area contributed by atoms with Crippen LogP contribution in [0.2, 0.25) is 0 Å². The van der Waals surface area contributed by atoms with E-state index in [0.29, 0.717) is 12.5 Å². The molecule has 0 saturated carbocycles. The van der Waals surface area contributed by atoms with Gasteiger partial charge in [-0.15, -0.1) is 0 Å². The third kappa shape index (κ3) is 2.97. The molecule has 4 heterocycles. The Balaban J connectivity index is 1.42. The number of hydrogen-bond acceptors (Lipinski definition) is 6. The second-order valence-corrected chi connectivity index (χ2v) is 7.38. The summed E-state index contributed by atoms with van der Waals surface area (Å²) in [6, 6.07) is 1.77. The van der Waals surface area contributed by atoms with Gasteiger partial charge in [0.15, 0.2) is 0 Å². The molecule has 7 heteroatoms. The molecule has 23 heavy (non-hydrogen) atoms. The molecule has 6 nitrogen and oxygen atoms in total. The van der Waals surface area contributed by atoms with Gasteiger partial charge in [0.25, 0.3) is 5.56 Å². The van der Waals surface area contributed by atoms with Crippen molar-refractivity contribution < 1.29 is 0 Å². The third-order valence-electron chi connectivity index (χ3n) is 4.34. The first-order valence-electron chi connectivity index (χ1n) is 7.90. The van der Waals surface area contributed by atoms with Crippen LogP contribution in [0.5, 0.6) is 0 Å². The quantitative estimate of drug-likeness (QED) is 0.845. The summed E-state index contributed by atoms with van der Waals surface area (Å²) in [5.74, 6) is 3.22. The molecule has 120 valence electrons. The fourth-order valence-electron chi connectivity index (χ4n) is 3.03. The highest BCUT2D eigenvalue weighted by Crippen LogP contribution is 2.23. The van der Waals surface area contributed by atoms with Gasteiger partial charge in [-0.3, -0.25) is 4.79 Å². The monoisotopic (exact) mass is 329 g/mol. The zero-order valence-electron chi connectivity index (χ0n) is 13.1. The van der Waals surface area contributed by atoms with Gasteiger partial charge < -0.3 is 4.90 Å². The van der Waals surface area contributed by atoms with Gasteiger partial charge in [0.1, 0.15) is 0 Å². The molecule has 2 aromatic heterocycles. The summed E-state index contributed by atoms with van der Waals surface area (Å²) >= 11 is 1.87. The molecule has 0 radical (unpaired) electrons. The normalized spacial score (nSPS) is 17.7. The summed E-state index contributed by atoms with van der Waals surface area (Å²) in [5, 5.41) is 4.59. The van der Waals surface area contributed by atoms with Crippen molar-refractivity contribution in [2.75, 3.05) is 23.7 Å². The summed E-state index contributed by atoms with van der Waals surface area (Å²) in [6.45, 7) is 4.42. The van der Waals surface area contributed by atoms with Crippen LogP contribution in [0.1, 0.15) is 16.8 Å². The molecule has 1 saturated heterocycles. The Morgan fingerprint density at radius 2 is 2.09 bits per heavy atom. The van der Waals surface area contributed by atoms with Crippen molar-refractivity contribution in [1.82, 2.24) is 19.7 Å². The van der Waals surface area contributed by atoms with Gasteiger partial charge in [0.2, 0.25) is 5.95 Å². The number of aromatic nitrogens is 4. The molecular formula is C16H19N5OS. The van der Waals surface area contributed by atoms with Crippen LogP contribution in [0, 0.1) is 12.8 Å². The second-order valence-electron chi connectivity index (χ2n) is 6.27. The van der Waals surface area contributed by atoms with E-state index in [0.717, 1.165) is 53.8 Å². The Labute approximate surface area is 138 Å². The smallest absolute Gasteiger partial charge is 0.267 e. The SMILES string of the molecule is Cc1cnc(N2CC(Cn3nc4c(cc3=O)CSCC4)C2)nc1. The molecule has 0 spiro atoms. The summed E-state index contributed by atoms with van der Waals surface area (Å²) in [6.07, 6.45) is 4.64. The maximum atomic E-state index is 12.2. The predicted molar refractivity (Wildman–Crippen MR) is 90.8 cm³/mol. The maximum Gasteiger partial charge on any atom is 0.267 e. The topological polar surface area (TPSA) is 63.9 Å². The Hall–Kier alpha value is -1.89. The lowest BCUT2D eigenvalue weighted by molar-refractivity contribution is 0.329. The van der Waals surface area contributed by atoms with E-state index in [2.05, 4.69) is 20.0 Å². The van der Waals surface area contributed by atoms with E-state index in [1.165, 1.54) is 0 Å². The van der Waals surface area contributed by atoms with Crippen molar-refractivity contribution in [3.05, 3.63) is 45.6 Å². The molecule has 0 unspecified atom stereocenters. The molecule has 0 amide bonds. The lowest BCUT2D eigenvalue weighted by Crippen LogP contribution is -2.50. The first kappa shape index (κ1) is 14.7. The first-order chi connectivity index (χ1) is 11.2. The average molecular weight is 329 g/mol. The minimum Gasteiger partial charge on any atom is -0.340 e. The summed E-state index contributed by atoms with van der Waals surface area (Å²) < 4.78 is 1.65. The number of aryl methyl sites for hydroxylation is 2. The fraction of sp³-hybridized carbons (Fsp3) is 0.500. The molecule has 2 aliphatic heterocycles. The van der Waals surface area contributed by atoms with Gasteiger partial charge in [0, 0.05) is 49.6 Å². The lowest BCUT2D eigenvalue weighted by Gasteiger charge is -2.39. The molecule has 2 aliphatic rings. The lowest BCUT2D eigenvalue weighted by atomic mass is 10.0. The average Bonchev–Trinajstić information content (AvgIpc) is 2.52. The van der Waals surface area contributed by atoms with Gasteiger partial charge in [-0.2, -0.15) is 16.9 Å². The van der Waals surface area contributed by atoms with Crippen molar-refractivity contribution in [3.8, 4) is 0 Å². The largest absolute Gasteiger partial charge is 0.340 e. The predicted octanol–water partition coefficient (Wildman–Crippen LogP) is 1.27. The zero-order chi connectivity index (χ0) is 15.8. The molecule has 0 aliphatic carbocycles. The molecule has 0 aromatic carbocycles. The Morgan fingerprint density at radius 3 is 2.87 bits per heavy atom. The van der Waals surface area contributed by atoms with Gasteiger partial charge in [-0.25, -0.2) is 14.6 Å². The highest BCUT2D eigenvalue weighted by molar-refractivity contribution is 7.98. The van der Waals surface area contributed by atoms with E-state index in [-0.39, 0.29) is 5.56 Å². The summed E-state index contributed by atoms with van der Waals surface area (Å²) in [5.41, 5.74) is 3.30. The van der Waals surface area contributed by atoms with Crippen LogP contribution < -0.4 is 10.5 Å². The van der Waals surface area contributed by atoms with Crippen molar-refractivity contribution in [3.63, 3.8) is 0 Å². The van der Waals surface area contributed by atoms with E-state index in [1.807, 2.05) is 31.1 Å².